The van der Waals surface area contributed by atoms with E-state index in [2.05, 4.69) is 31.1 Å². The first-order valence-electron chi connectivity index (χ1n) is 6.05. The van der Waals surface area contributed by atoms with E-state index in [4.69, 9.17) is 0 Å². The third-order valence-corrected chi connectivity index (χ3v) is 4.18. The monoisotopic (exact) mass is 228 g/mol. The molecule has 0 aromatic carbocycles. The molecular weight excluding hydrogens is 204 g/mol. The lowest BCUT2D eigenvalue weighted by Crippen LogP contribution is -2.45. The molecule has 2 unspecified atom stereocenters. The van der Waals surface area contributed by atoms with Crippen LogP contribution in [0.5, 0.6) is 0 Å². The van der Waals surface area contributed by atoms with Gasteiger partial charge >= 0.3 is 0 Å². The topological polar surface area (TPSA) is 24.4 Å². The number of thioether (sulfide) groups is 1. The Morgan fingerprint density at radius 3 is 2.40 bits per heavy atom. The Hall–Kier alpha value is -0.180. The lowest BCUT2D eigenvalue weighted by Gasteiger charge is -2.35. The van der Waals surface area contributed by atoms with Crippen LogP contribution >= 0.6 is 11.8 Å². The van der Waals surface area contributed by atoms with Crippen LogP contribution in [0, 0.1) is 11.8 Å². The van der Waals surface area contributed by atoms with Gasteiger partial charge in [0, 0.05) is 13.1 Å². The van der Waals surface area contributed by atoms with Gasteiger partial charge in [-0.2, -0.15) is 0 Å². The van der Waals surface area contributed by atoms with Crippen LogP contribution < -0.4 is 5.32 Å². The van der Waals surface area contributed by atoms with Crippen LogP contribution in [0.3, 0.4) is 0 Å². The highest BCUT2D eigenvalue weighted by molar-refractivity contribution is 8.13. The van der Waals surface area contributed by atoms with Gasteiger partial charge in [0.1, 0.15) is 0 Å². The molecule has 1 N–H and O–H groups in total. The maximum absolute atomic E-state index is 4.31. The van der Waals surface area contributed by atoms with E-state index in [1.807, 2.05) is 18.8 Å². The van der Waals surface area contributed by atoms with Crippen molar-refractivity contribution < 1.29 is 0 Å². The van der Waals surface area contributed by atoms with Crippen molar-refractivity contribution in [2.75, 3.05) is 12.8 Å². The zero-order chi connectivity index (χ0) is 11.3. The molecule has 1 rings (SSSR count). The Morgan fingerprint density at radius 2 is 1.93 bits per heavy atom. The number of hydrogen-bond donors (Lipinski definition) is 1. The molecule has 1 saturated carbocycles. The number of rotatable bonds is 2. The second-order valence-electron chi connectivity index (χ2n) is 4.52. The molecule has 2 atom stereocenters. The first-order valence-corrected chi connectivity index (χ1v) is 7.03. The molecule has 1 aliphatic rings. The van der Waals surface area contributed by atoms with Crippen LogP contribution in [0.1, 0.15) is 40.0 Å². The molecule has 2 nitrogen and oxygen atoms in total. The van der Waals surface area contributed by atoms with Crippen LogP contribution in [0.25, 0.3) is 0 Å². The Kier molecular flexibility index (Phi) is 5.51. The number of aliphatic imine (C=N–C) groups is 1. The van der Waals surface area contributed by atoms with Crippen molar-refractivity contribution in [2.24, 2.45) is 16.8 Å². The first-order chi connectivity index (χ1) is 7.19. The van der Waals surface area contributed by atoms with Gasteiger partial charge in [-0.3, -0.25) is 4.99 Å². The van der Waals surface area contributed by atoms with E-state index in [0.29, 0.717) is 6.04 Å². The predicted molar refractivity (Wildman–Crippen MR) is 70.6 cm³/mol. The predicted octanol–water partition coefficient (Wildman–Crippen LogP) is 3.14. The lowest BCUT2D eigenvalue weighted by molar-refractivity contribution is 0.232. The summed E-state index contributed by atoms with van der Waals surface area (Å²) in [6.07, 6.45) is 4.10. The van der Waals surface area contributed by atoms with Crippen molar-refractivity contribution >= 4 is 16.9 Å². The van der Waals surface area contributed by atoms with Crippen molar-refractivity contribution in [1.29, 1.82) is 0 Å². The number of amidine groups is 1. The first kappa shape index (κ1) is 12.9. The van der Waals surface area contributed by atoms with Crippen LogP contribution in [-0.4, -0.2) is 24.0 Å². The fourth-order valence-corrected chi connectivity index (χ4v) is 3.04. The molecule has 0 bridgehead atoms. The smallest absolute Gasteiger partial charge is 0.156 e. The lowest BCUT2D eigenvalue weighted by atomic mass is 9.79. The minimum absolute atomic E-state index is 0.622. The molecule has 0 aromatic rings. The van der Waals surface area contributed by atoms with Gasteiger partial charge in [0.25, 0.3) is 0 Å². The maximum Gasteiger partial charge on any atom is 0.156 e. The Labute approximate surface area is 98.3 Å². The Morgan fingerprint density at radius 1 is 1.33 bits per heavy atom. The fraction of sp³-hybridized carbons (Fsp3) is 0.917. The van der Waals surface area contributed by atoms with Crippen LogP contribution in [0.2, 0.25) is 0 Å². The summed E-state index contributed by atoms with van der Waals surface area (Å²) < 4.78 is 0. The third kappa shape index (κ3) is 3.71. The molecule has 1 aliphatic carbocycles. The van der Waals surface area contributed by atoms with Crippen LogP contribution in [0.15, 0.2) is 4.99 Å². The second-order valence-corrected chi connectivity index (χ2v) is 5.77. The normalized spacial score (nSPS) is 32.8. The molecule has 15 heavy (non-hydrogen) atoms. The molecule has 0 spiro atoms. The number of nitrogens with one attached hydrogen (secondary N) is 1. The van der Waals surface area contributed by atoms with E-state index in [1.165, 1.54) is 19.3 Å². The minimum atomic E-state index is 0.622. The van der Waals surface area contributed by atoms with E-state index in [-0.39, 0.29) is 0 Å². The van der Waals surface area contributed by atoms with Crippen molar-refractivity contribution in [2.45, 2.75) is 46.1 Å². The van der Waals surface area contributed by atoms with E-state index >= 15 is 0 Å². The summed E-state index contributed by atoms with van der Waals surface area (Å²) in [6, 6.07) is 0.622. The molecule has 0 radical (unpaired) electrons. The van der Waals surface area contributed by atoms with Gasteiger partial charge in [-0.25, -0.2) is 0 Å². The summed E-state index contributed by atoms with van der Waals surface area (Å²) in [5.74, 6) is 2.65. The molecule has 1 fully saturated rings. The second kappa shape index (κ2) is 6.41. The van der Waals surface area contributed by atoms with Gasteiger partial charge < -0.3 is 5.32 Å². The molecule has 0 aromatic heterocycles. The number of hydrogen-bond acceptors (Lipinski definition) is 2. The molecule has 0 aliphatic heterocycles. The summed E-state index contributed by atoms with van der Waals surface area (Å²) in [7, 11) is 1.88. The van der Waals surface area contributed by atoms with Crippen LogP contribution in [0.4, 0.5) is 0 Å². The summed E-state index contributed by atoms with van der Waals surface area (Å²) in [6.45, 7) is 6.89. The highest BCUT2D eigenvalue weighted by atomic mass is 32.2. The average molecular weight is 228 g/mol. The maximum atomic E-state index is 4.31. The fourth-order valence-electron chi connectivity index (χ4n) is 2.42. The van der Waals surface area contributed by atoms with Gasteiger partial charge in [-0.15, -0.1) is 0 Å². The van der Waals surface area contributed by atoms with Crippen molar-refractivity contribution in [3.05, 3.63) is 0 Å². The van der Waals surface area contributed by atoms with E-state index in [9.17, 15) is 0 Å². The quantitative estimate of drug-likeness (QED) is 0.580. The SMILES string of the molecule is CCSC(=NC)NC1C(C)CCCC1C. The molecule has 3 heteroatoms. The number of nitrogens with zero attached hydrogens (tertiary/aromatic N) is 1. The van der Waals surface area contributed by atoms with Crippen molar-refractivity contribution in [1.82, 2.24) is 5.32 Å². The highest BCUT2D eigenvalue weighted by Crippen LogP contribution is 2.29. The highest BCUT2D eigenvalue weighted by Gasteiger charge is 2.28. The average Bonchev–Trinajstić information content (AvgIpc) is 2.22. The van der Waals surface area contributed by atoms with Crippen LogP contribution in [-0.2, 0) is 0 Å². The Bertz CT molecular complexity index is 206. The van der Waals surface area contributed by atoms with Gasteiger partial charge in [0.2, 0.25) is 0 Å². The Balaban J connectivity index is 2.53. The van der Waals surface area contributed by atoms with E-state index in [1.54, 1.807) is 0 Å². The van der Waals surface area contributed by atoms with E-state index in [0.717, 1.165) is 22.8 Å². The standard InChI is InChI=1S/C12H24N2S/c1-5-15-12(13-4)14-11-9(2)7-6-8-10(11)3/h9-11H,5-8H2,1-4H3,(H,13,14). The largest absolute Gasteiger partial charge is 0.362 e. The van der Waals surface area contributed by atoms with Gasteiger partial charge in [-0.05, 0) is 30.4 Å². The summed E-state index contributed by atoms with van der Waals surface area (Å²) in [5, 5.41) is 4.73. The summed E-state index contributed by atoms with van der Waals surface area (Å²) >= 11 is 1.81. The van der Waals surface area contributed by atoms with Crippen molar-refractivity contribution in [3.63, 3.8) is 0 Å². The summed E-state index contributed by atoms with van der Waals surface area (Å²) in [5.41, 5.74) is 0. The minimum Gasteiger partial charge on any atom is -0.362 e. The molecule has 0 saturated heterocycles. The van der Waals surface area contributed by atoms with Gasteiger partial charge in [0.15, 0.2) is 5.17 Å². The molecular formula is C12H24N2S. The zero-order valence-corrected chi connectivity index (χ0v) is 11.2. The van der Waals surface area contributed by atoms with Gasteiger partial charge in [-0.1, -0.05) is 39.0 Å². The third-order valence-electron chi connectivity index (χ3n) is 3.32. The van der Waals surface area contributed by atoms with E-state index < -0.39 is 0 Å². The van der Waals surface area contributed by atoms with Crippen molar-refractivity contribution in [3.8, 4) is 0 Å². The molecule has 0 amide bonds. The molecule has 88 valence electrons. The molecule has 0 heterocycles. The van der Waals surface area contributed by atoms with Gasteiger partial charge in [0.05, 0.1) is 0 Å². The zero-order valence-electron chi connectivity index (χ0n) is 10.4. The summed E-state index contributed by atoms with van der Waals surface area (Å²) in [4.78, 5) is 4.31.